The van der Waals surface area contributed by atoms with E-state index < -0.39 is 0 Å². The zero-order valence-corrected chi connectivity index (χ0v) is 15.0. The summed E-state index contributed by atoms with van der Waals surface area (Å²) in [6.07, 6.45) is 2.82. The molecule has 3 amide bonds. The van der Waals surface area contributed by atoms with Gasteiger partial charge in [0.05, 0.1) is 17.1 Å². The number of rotatable bonds is 4. The van der Waals surface area contributed by atoms with E-state index in [-0.39, 0.29) is 30.6 Å². The molecule has 2 fully saturated rings. The normalized spacial score (nSPS) is 16.9. The van der Waals surface area contributed by atoms with Gasteiger partial charge in [0.2, 0.25) is 11.8 Å². The second-order valence-corrected chi connectivity index (χ2v) is 6.84. The third-order valence-electron chi connectivity index (χ3n) is 5.04. The summed E-state index contributed by atoms with van der Waals surface area (Å²) < 4.78 is 0. The van der Waals surface area contributed by atoms with Crippen molar-refractivity contribution in [3.63, 3.8) is 0 Å². The Morgan fingerprint density at radius 3 is 2.15 bits per heavy atom. The summed E-state index contributed by atoms with van der Waals surface area (Å²) in [5.74, 6) is -0.610. The van der Waals surface area contributed by atoms with Gasteiger partial charge in [-0.2, -0.15) is 0 Å². The molecule has 6 heteroatoms. The van der Waals surface area contributed by atoms with Crippen LogP contribution in [0.4, 0.5) is 17.1 Å². The molecule has 2 aliphatic heterocycles. The van der Waals surface area contributed by atoms with E-state index in [0.29, 0.717) is 11.3 Å². The van der Waals surface area contributed by atoms with Gasteiger partial charge in [-0.15, -0.1) is 0 Å². The van der Waals surface area contributed by atoms with Crippen molar-refractivity contribution in [2.24, 2.45) is 0 Å². The fraction of sp³-hybridized carbons (Fsp3) is 0.286. The molecule has 0 saturated carbocycles. The van der Waals surface area contributed by atoms with E-state index in [0.717, 1.165) is 37.3 Å². The first kappa shape index (κ1) is 17.3. The molecule has 4 rings (SSSR count). The molecule has 0 bridgehead atoms. The van der Waals surface area contributed by atoms with Crippen LogP contribution in [0.2, 0.25) is 0 Å². The number of amides is 3. The summed E-state index contributed by atoms with van der Waals surface area (Å²) in [6.45, 7) is 2.00. The van der Waals surface area contributed by atoms with Crippen molar-refractivity contribution in [2.45, 2.75) is 25.7 Å². The van der Waals surface area contributed by atoms with Gasteiger partial charge in [0.25, 0.3) is 5.91 Å². The molecular formula is C21H21N3O3. The third kappa shape index (κ3) is 3.43. The number of benzene rings is 2. The van der Waals surface area contributed by atoms with Crippen LogP contribution in [0, 0.1) is 0 Å². The molecule has 0 atom stereocenters. The summed E-state index contributed by atoms with van der Waals surface area (Å²) in [4.78, 5) is 39.8. The van der Waals surface area contributed by atoms with Crippen molar-refractivity contribution in [3.05, 3.63) is 54.1 Å². The van der Waals surface area contributed by atoms with E-state index in [1.807, 2.05) is 24.3 Å². The lowest BCUT2D eigenvalue weighted by atomic mass is 10.1. The van der Waals surface area contributed by atoms with Gasteiger partial charge in [0, 0.05) is 31.5 Å². The molecule has 2 aromatic rings. The average molecular weight is 363 g/mol. The van der Waals surface area contributed by atoms with E-state index in [1.165, 1.54) is 4.90 Å². The lowest BCUT2D eigenvalue weighted by Gasteiger charge is -2.21. The Kier molecular flexibility index (Phi) is 4.62. The van der Waals surface area contributed by atoms with Crippen LogP contribution >= 0.6 is 0 Å². The maximum atomic E-state index is 12.7. The van der Waals surface area contributed by atoms with Crippen LogP contribution in [-0.4, -0.2) is 30.8 Å². The molecule has 27 heavy (non-hydrogen) atoms. The minimum Gasteiger partial charge on any atom is -0.370 e. The van der Waals surface area contributed by atoms with E-state index in [1.54, 1.807) is 24.3 Å². The molecule has 2 aliphatic rings. The molecule has 138 valence electrons. The molecule has 6 nitrogen and oxygen atoms in total. The first-order valence-corrected chi connectivity index (χ1v) is 9.25. The van der Waals surface area contributed by atoms with Crippen molar-refractivity contribution in [1.29, 1.82) is 0 Å². The second kappa shape index (κ2) is 7.23. The molecule has 2 aromatic carbocycles. The third-order valence-corrected chi connectivity index (χ3v) is 5.04. The van der Waals surface area contributed by atoms with E-state index >= 15 is 0 Å². The Morgan fingerprint density at radius 1 is 0.852 bits per heavy atom. The SMILES string of the molecule is O=C(Nc1ccccc1N1CCCC1)c1ccc(N2C(=O)CCC2=O)cc1. The van der Waals surface area contributed by atoms with Crippen molar-refractivity contribution in [2.75, 3.05) is 28.2 Å². The van der Waals surface area contributed by atoms with E-state index in [4.69, 9.17) is 0 Å². The highest BCUT2D eigenvalue weighted by Crippen LogP contribution is 2.29. The topological polar surface area (TPSA) is 69.7 Å². The smallest absolute Gasteiger partial charge is 0.255 e. The summed E-state index contributed by atoms with van der Waals surface area (Å²) in [7, 11) is 0. The minimum absolute atomic E-state index is 0.197. The van der Waals surface area contributed by atoms with Crippen LogP contribution in [0.3, 0.4) is 0 Å². The number of carbonyl (C=O) groups excluding carboxylic acids is 3. The molecule has 2 heterocycles. The summed E-state index contributed by atoms with van der Waals surface area (Å²) in [6, 6.07) is 14.4. The number of hydrogen-bond acceptors (Lipinski definition) is 4. The lowest BCUT2D eigenvalue weighted by molar-refractivity contribution is -0.121. The number of nitrogens with zero attached hydrogens (tertiary/aromatic N) is 2. The van der Waals surface area contributed by atoms with Gasteiger partial charge >= 0.3 is 0 Å². The van der Waals surface area contributed by atoms with Gasteiger partial charge in [0.15, 0.2) is 0 Å². The van der Waals surface area contributed by atoms with Crippen molar-refractivity contribution in [1.82, 2.24) is 0 Å². The van der Waals surface area contributed by atoms with Crippen LogP contribution in [0.1, 0.15) is 36.0 Å². The quantitative estimate of drug-likeness (QED) is 0.847. The zero-order chi connectivity index (χ0) is 18.8. The van der Waals surface area contributed by atoms with Crippen molar-refractivity contribution < 1.29 is 14.4 Å². The van der Waals surface area contributed by atoms with E-state index in [9.17, 15) is 14.4 Å². The van der Waals surface area contributed by atoms with Gasteiger partial charge in [-0.05, 0) is 49.2 Å². The highest BCUT2D eigenvalue weighted by Gasteiger charge is 2.30. The second-order valence-electron chi connectivity index (χ2n) is 6.84. The summed E-state index contributed by atoms with van der Waals surface area (Å²) in [5, 5.41) is 2.98. The van der Waals surface area contributed by atoms with Crippen LogP contribution in [0.15, 0.2) is 48.5 Å². The minimum atomic E-state index is -0.215. The molecule has 0 aliphatic carbocycles. The first-order chi connectivity index (χ1) is 13.1. The number of hydrogen-bond donors (Lipinski definition) is 1. The standard InChI is InChI=1S/C21H21N3O3/c25-19-11-12-20(26)24(19)16-9-7-15(8-10-16)21(27)22-17-5-1-2-6-18(17)23-13-3-4-14-23/h1-2,5-10H,3-4,11-14H2,(H,22,27). The number of anilines is 3. The fourth-order valence-corrected chi connectivity index (χ4v) is 3.63. The van der Waals surface area contributed by atoms with Crippen molar-refractivity contribution in [3.8, 4) is 0 Å². The highest BCUT2D eigenvalue weighted by atomic mass is 16.2. The number of nitrogens with one attached hydrogen (secondary N) is 1. The Hall–Kier alpha value is -3.15. The molecule has 2 saturated heterocycles. The Morgan fingerprint density at radius 2 is 1.48 bits per heavy atom. The Balaban J connectivity index is 1.51. The molecule has 0 radical (unpaired) electrons. The molecule has 0 aromatic heterocycles. The summed E-state index contributed by atoms with van der Waals surface area (Å²) in [5.41, 5.74) is 2.82. The average Bonchev–Trinajstić information content (AvgIpc) is 3.32. The Bertz CT molecular complexity index is 870. The van der Waals surface area contributed by atoms with Gasteiger partial charge in [-0.1, -0.05) is 12.1 Å². The highest BCUT2D eigenvalue weighted by molar-refractivity contribution is 6.20. The predicted molar refractivity (Wildman–Crippen MR) is 104 cm³/mol. The van der Waals surface area contributed by atoms with Crippen LogP contribution < -0.4 is 15.1 Å². The number of imide groups is 1. The lowest BCUT2D eigenvalue weighted by Crippen LogP contribution is -2.28. The van der Waals surface area contributed by atoms with Crippen LogP contribution in [0.25, 0.3) is 0 Å². The van der Waals surface area contributed by atoms with Gasteiger partial charge < -0.3 is 10.2 Å². The Labute approximate surface area is 157 Å². The van der Waals surface area contributed by atoms with Gasteiger partial charge in [-0.3, -0.25) is 19.3 Å². The maximum absolute atomic E-state index is 12.7. The summed E-state index contributed by atoms with van der Waals surface area (Å²) >= 11 is 0. The maximum Gasteiger partial charge on any atom is 0.255 e. The number of carbonyl (C=O) groups is 3. The fourth-order valence-electron chi connectivity index (χ4n) is 3.63. The van der Waals surface area contributed by atoms with Gasteiger partial charge in [0.1, 0.15) is 0 Å². The molecule has 1 N–H and O–H groups in total. The zero-order valence-electron chi connectivity index (χ0n) is 15.0. The van der Waals surface area contributed by atoms with Crippen LogP contribution in [-0.2, 0) is 9.59 Å². The predicted octanol–water partition coefficient (Wildman–Crippen LogP) is 3.19. The number of para-hydroxylation sites is 2. The molecule has 0 spiro atoms. The van der Waals surface area contributed by atoms with Crippen LogP contribution in [0.5, 0.6) is 0 Å². The molecule has 0 unspecified atom stereocenters. The first-order valence-electron chi connectivity index (χ1n) is 9.25. The largest absolute Gasteiger partial charge is 0.370 e. The monoisotopic (exact) mass is 363 g/mol. The molecular weight excluding hydrogens is 342 g/mol. The van der Waals surface area contributed by atoms with E-state index in [2.05, 4.69) is 10.2 Å². The van der Waals surface area contributed by atoms with Crippen molar-refractivity contribution >= 4 is 34.8 Å². The van der Waals surface area contributed by atoms with Gasteiger partial charge in [-0.25, -0.2) is 0 Å².